The number of carbonyl (C=O) groups is 1. The van der Waals surface area contributed by atoms with E-state index >= 15 is 0 Å². The van der Waals surface area contributed by atoms with E-state index in [9.17, 15) is 4.79 Å². The monoisotopic (exact) mass is 494 g/mol. The summed E-state index contributed by atoms with van der Waals surface area (Å²) in [7, 11) is 5.84. The maximum atomic E-state index is 13.6. The van der Waals surface area contributed by atoms with E-state index in [1.54, 1.807) is 0 Å². The topological polar surface area (TPSA) is 54.5 Å². The van der Waals surface area contributed by atoms with Crippen LogP contribution in [0.5, 0.6) is 5.75 Å². The number of fused-ring (bicyclic) bond motifs is 1. The fourth-order valence-corrected chi connectivity index (χ4v) is 6.19. The fraction of sp³-hybridized carbons (Fsp3) is 0.400. The van der Waals surface area contributed by atoms with Gasteiger partial charge in [-0.25, -0.2) is 0 Å². The molecule has 6 rings (SSSR count). The van der Waals surface area contributed by atoms with Crippen molar-refractivity contribution in [2.75, 3.05) is 13.6 Å². The maximum Gasteiger partial charge on any atom is 0.252 e. The molecule has 183 valence electrons. The Morgan fingerprint density at radius 3 is 2.81 bits per heavy atom. The summed E-state index contributed by atoms with van der Waals surface area (Å²) in [6, 6.07) is 14.8. The molecule has 36 heavy (non-hydrogen) atoms. The quantitative estimate of drug-likeness (QED) is 0.464. The third-order valence-corrected chi connectivity index (χ3v) is 8.66. The number of benzene rings is 2. The molecule has 1 amide bonds. The van der Waals surface area contributed by atoms with Gasteiger partial charge in [-0.1, -0.05) is 18.2 Å². The van der Waals surface area contributed by atoms with E-state index in [1.165, 1.54) is 23.1 Å². The number of carbonyl (C=O) groups excluding carboxylic acids is 1. The molecule has 1 N–H and O–H groups in total. The van der Waals surface area contributed by atoms with Gasteiger partial charge in [-0.3, -0.25) is 9.78 Å². The number of amides is 1. The van der Waals surface area contributed by atoms with Crippen molar-refractivity contribution < 1.29 is 9.53 Å². The Labute approximate surface area is 216 Å². The Morgan fingerprint density at radius 1 is 1.25 bits per heavy atom. The molecule has 3 radical (unpaired) electrons. The number of nitrogens with zero attached hydrogens (tertiary/aromatic N) is 2. The minimum atomic E-state index is -0.358. The summed E-state index contributed by atoms with van der Waals surface area (Å²) in [6.07, 6.45) is 10.6. The molecule has 2 heterocycles. The highest BCUT2D eigenvalue weighted by atomic mass is 28.1. The standard InChI is InChI=1S/C30H32N3O2Si/c1-19-9-10-22(35-29(36)27-11-15-33(27)2)18-24(19)28(34)32-30(12-13-30)25-16-21(20-6-3-4-7-20)17-26-23(25)8-5-14-31-26/h5-6,8-10,14,16-18,27,29H,3-4,7,11-13,15H2,1-2H3,(H,32,34)/t27-,29?/m0/s1. The van der Waals surface area contributed by atoms with Crippen LogP contribution >= 0.6 is 0 Å². The molecule has 3 aromatic rings. The van der Waals surface area contributed by atoms with Crippen LogP contribution in [0.15, 0.2) is 54.7 Å². The van der Waals surface area contributed by atoms with Crippen molar-refractivity contribution in [3.05, 3.63) is 77.0 Å². The third-order valence-electron chi connectivity index (χ3n) is 8.16. The first kappa shape index (κ1) is 23.4. The van der Waals surface area contributed by atoms with Crippen LogP contribution in [0.4, 0.5) is 0 Å². The Hall–Kier alpha value is -2.96. The van der Waals surface area contributed by atoms with Crippen LogP contribution in [-0.2, 0) is 5.54 Å². The summed E-state index contributed by atoms with van der Waals surface area (Å²) in [4.78, 5) is 20.6. The van der Waals surface area contributed by atoms with E-state index in [-0.39, 0.29) is 17.2 Å². The second-order valence-corrected chi connectivity index (χ2v) is 11.2. The number of hydrogen-bond acceptors (Lipinski definition) is 4. The number of hydrogen-bond donors (Lipinski definition) is 1. The fourth-order valence-electron chi connectivity index (χ4n) is 5.63. The first-order valence-electron chi connectivity index (χ1n) is 13.0. The maximum absolute atomic E-state index is 13.6. The number of aryl methyl sites for hydroxylation is 1. The smallest absolute Gasteiger partial charge is 0.252 e. The van der Waals surface area contributed by atoms with E-state index in [1.807, 2.05) is 37.4 Å². The third kappa shape index (κ3) is 4.26. The number of rotatable bonds is 7. The van der Waals surface area contributed by atoms with Crippen LogP contribution in [0.1, 0.15) is 65.6 Å². The number of pyridine rings is 1. The van der Waals surface area contributed by atoms with Gasteiger partial charge in [0.1, 0.15) is 5.75 Å². The van der Waals surface area contributed by atoms with Crippen molar-refractivity contribution in [2.24, 2.45) is 0 Å². The van der Waals surface area contributed by atoms with Gasteiger partial charge >= 0.3 is 0 Å². The number of nitrogens with one attached hydrogen (secondary N) is 1. The van der Waals surface area contributed by atoms with Gasteiger partial charge in [-0.15, -0.1) is 0 Å². The molecule has 1 unspecified atom stereocenters. The minimum Gasteiger partial charge on any atom is -0.493 e. The van der Waals surface area contributed by atoms with E-state index in [4.69, 9.17) is 4.74 Å². The van der Waals surface area contributed by atoms with Crippen molar-refractivity contribution in [1.82, 2.24) is 15.2 Å². The van der Waals surface area contributed by atoms with Crippen LogP contribution in [0, 0.1) is 6.92 Å². The highest BCUT2D eigenvalue weighted by Crippen LogP contribution is 2.49. The molecule has 1 aromatic heterocycles. The lowest BCUT2D eigenvalue weighted by molar-refractivity contribution is 0.0562. The molecule has 0 spiro atoms. The predicted octanol–water partition coefficient (Wildman–Crippen LogP) is 5.11. The number of ether oxygens (including phenoxy) is 1. The van der Waals surface area contributed by atoms with Gasteiger partial charge in [-0.2, -0.15) is 0 Å². The molecule has 2 fully saturated rings. The largest absolute Gasteiger partial charge is 0.493 e. The van der Waals surface area contributed by atoms with Gasteiger partial charge in [0.25, 0.3) is 5.91 Å². The molecule has 5 nitrogen and oxygen atoms in total. The molecular weight excluding hydrogens is 462 g/mol. The highest BCUT2D eigenvalue weighted by molar-refractivity contribution is 6.11. The summed E-state index contributed by atoms with van der Waals surface area (Å²) < 4.78 is 6.17. The zero-order valence-corrected chi connectivity index (χ0v) is 22.0. The van der Waals surface area contributed by atoms with Crippen molar-refractivity contribution in [3.8, 4) is 5.75 Å². The van der Waals surface area contributed by atoms with Crippen LogP contribution in [0.25, 0.3) is 16.5 Å². The van der Waals surface area contributed by atoms with Gasteiger partial charge in [0.15, 0.2) is 0 Å². The molecule has 2 atom stereocenters. The zero-order chi connectivity index (χ0) is 24.9. The van der Waals surface area contributed by atoms with Gasteiger partial charge in [0.2, 0.25) is 0 Å². The SMILES string of the molecule is Cc1ccc(OC([Si])[C@@H]2CCN2C)cc1C(=O)NC1(c2cc(C3=CCCC3)cc3ncccc23)CC1. The van der Waals surface area contributed by atoms with E-state index in [0.29, 0.717) is 17.4 Å². The summed E-state index contributed by atoms with van der Waals surface area (Å²) in [5, 5.41) is 4.54. The summed E-state index contributed by atoms with van der Waals surface area (Å²) in [5.74, 6) is 0.657. The Bertz CT molecular complexity index is 1360. The van der Waals surface area contributed by atoms with E-state index in [2.05, 4.69) is 56.8 Å². The van der Waals surface area contributed by atoms with Gasteiger partial charge < -0.3 is 15.0 Å². The molecule has 1 saturated heterocycles. The first-order chi connectivity index (χ1) is 17.4. The number of likely N-dealkylation sites (N-methyl/N-ethyl adjacent to an activating group) is 1. The summed E-state index contributed by atoms with van der Waals surface area (Å²) in [5.41, 5.74) is 5.95. The van der Waals surface area contributed by atoms with Gasteiger partial charge in [-0.05, 0) is 112 Å². The first-order valence-corrected chi connectivity index (χ1v) is 13.6. The molecule has 3 aliphatic rings. The summed E-state index contributed by atoms with van der Waals surface area (Å²) in [6.45, 7) is 3.07. The second kappa shape index (κ2) is 9.16. The molecule has 2 aliphatic carbocycles. The van der Waals surface area contributed by atoms with Gasteiger partial charge in [0.05, 0.1) is 27.0 Å². The van der Waals surface area contributed by atoms with Crippen LogP contribution in [0.3, 0.4) is 0 Å². The van der Waals surface area contributed by atoms with Crippen molar-refractivity contribution in [1.29, 1.82) is 0 Å². The average Bonchev–Trinajstić information content (AvgIpc) is 3.42. The zero-order valence-electron chi connectivity index (χ0n) is 21.0. The van der Waals surface area contributed by atoms with Gasteiger partial charge in [0, 0.05) is 23.2 Å². The molecule has 1 saturated carbocycles. The Morgan fingerprint density at radius 2 is 2.11 bits per heavy atom. The molecule has 0 bridgehead atoms. The lowest BCUT2D eigenvalue weighted by Gasteiger charge is -2.41. The van der Waals surface area contributed by atoms with Crippen LogP contribution in [-0.4, -0.2) is 51.4 Å². The number of allylic oxidation sites excluding steroid dienone is 2. The molecule has 2 aromatic carbocycles. The predicted molar refractivity (Wildman–Crippen MR) is 144 cm³/mol. The van der Waals surface area contributed by atoms with Crippen LogP contribution < -0.4 is 10.1 Å². The Balaban J connectivity index is 1.29. The van der Waals surface area contributed by atoms with Crippen LogP contribution in [0.2, 0.25) is 0 Å². The normalized spacial score (nSPS) is 21.5. The highest BCUT2D eigenvalue weighted by Gasteiger charge is 2.47. The van der Waals surface area contributed by atoms with Crippen molar-refractivity contribution in [3.63, 3.8) is 0 Å². The lowest BCUT2D eigenvalue weighted by atomic mass is 9.93. The molecule has 1 aliphatic heterocycles. The number of aromatic nitrogens is 1. The molecule has 6 heteroatoms. The summed E-state index contributed by atoms with van der Waals surface area (Å²) >= 11 is 0. The number of likely N-dealkylation sites (tertiary alicyclic amines) is 1. The van der Waals surface area contributed by atoms with Crippen molar-refractivity contribution >= 4 is 32.6 Å². The average molecular weight is 495 g/mol. The minimum absolute atomic E-state index is 0.0516. The van der Waals surface area contributed by atoms with E-state index < -0.39 is 0 Å². The second-order valence-electron chi connectivity index (χ2n) is 10.6. The Kier molecular flexibility index (Phi) is 5.96. The van der Waals surface area contributed by atoms with Crippen molar-refractivity contribution in [2.45, 2.75) is 62.8 Å². The molecular formula is C30H32N3O2Si. The lowest BCUT2D eigenvalue weighted by Crippen LogP contribution is -2.53. The van der Waals surface area contributed by atoms with E-state index in [0.717, 1.165) is 55.1 Å².